The van der Waals surface area contributed by atoms with Gasteiger partial charge in [-0.3, -0.25) is 0 Å². The zero-order chi connectivity index (χ0) is 16.0. The Balaban J connectivity index is 2.98. The molecule has 0 aliphatic carbocycles. The Morgan fingerprint density at radius 2 is 1.71 bits per heavy atom. The number of halogens is 4. The molecule has 0 aromatic heterocycles. The lowest BCUT2D eigenvalue weighted by molar-refractivity contribution is -0.151. The van der Waals surface area contributed by atoms with Gasteiger partial charge in [-0.2, -0.15) is 8.78 Å². The van der Waals surface area contributed by atoms with Crippen LogP contribution in [0, 0.1) is 0 Å². The van der Waals surface area contributed by atoms with Crippen LogP contribution in [-0.2, 0) is 0 Å². The van der Waals surface area contributed by atoms with E-state index in [-0.39, 0.29) is 18.2 Å². The van der Waals surface area contributed by atoms with Crippen LogP contribution in [0.15, 0.2) is 24.3 Å². The van der Waals surface area contributed by atoms with Crippen LogP contribution in [0.4, 0.5) is 17.6 Å². The van der Waals surface area contributed by atoms with Gasteiger partial charge in [-0.15, -0.1) is 0 Å². The molecule has 6 heteroatoms. The molecule has 0 aliphatic heterocycles. The van der Waals surface area contributed by atoms with Crippen molar-refractivity contribution in [2.75, 3.05) is 6.54 Å². The topological polar surface area (TPSA) is 21.3 Å². The Hall–Kier alpha value is -1.30. The number of alkyl halides is 4. The molecule has 0 bridgehead atoms. The van der Waals surface area contributed by atoms with E-state index in [4.69, 9.17) is 4.74 Å². The van der Waals surface area contributed by atoms with Gasteiger partial charge in [0.15, 0.2) is 0 Å². The van der Waals surface area contributed by atoms with Crippen LogP contribution in [0.3, 0.4) is 0 Å². The second-order valence-corrected chi connectivity index (χ2v) is 5.10. The number of nitrogens with one attached hydrogen (secondary N) is 1. The molecule has 0 amide bonds. The maximum absolute atomic E-state index is 13.7. The Morgan fingerprint density at radius 3 is 2.14 bits per heavy atom. The van der Waals surface area contributed by atoms with Crippen LogP contribution in [0.5, 0.6) is 5.75 Å². The molecule has 0 heterocycles. The lowest BCUT2D eigenvalue weighted by Gasteiger charge is -2.27. The summed E-state index contributed by atoms with van der Waals surface area (Å²) in [4.78, 5) is 0. The minimum Gasteiger partial charge on any atom is -0.491 e. The van der Waals surface area contributed by atoms with Crippen molar-refractivity contribution in [3.63, 3.8) is 0 Å². The molecule has 0 fully saturated rings. The van der Waals surface area contributed by atoms with Crippen LogP contribution in [-0.4, -0.2) is 25.0 Å². The van der Waals surface area contributed by atoms with Crippen molar-refractivity contribution in [1.82, 2.24) is 5.32 Å². The summed E-state index contributed by atoms with van der Waals surface area (Å²) < 4.78 is 58.0. The summed E-state index contributed by atoms with van der Waals surface area (Å²) in [5, 5.41) is 2.50. The summed E-state index contributed by atoms with van der Waals surface area (Å²) in [5.41, 5.74) is 0.116. The summed E-state index contributed by atoms with van der Waals surface area (Å²) in [5.74, 6) is -3.61. The van der Waals surface area contributed by atoms with Gasteiger partial charge >= 0.3 is 12.3 Å². The first-order valence-corrected chi connectivity index (χ1v) is 6.95. The van der Waals surface area contributed by atoms with E-state index in [1.807, 2.05) is 13.8 Å². The standard InChI is InChI=1S/C15H21F4NO/c1-4-9-20-13(15(18,19)14(16)17)11-5-7-12(8-6-11)21-10(2)3/h5-8,10,13-14,20H,4,9H2,1-3H3. The molecule has 0 saturated heterocycles. The average molecular weight is 307 g/mol. The SMILES string of the molecule is CCCNC(c1ccc(OC(C)C)cc1)C(F)(F)C(F)F. The first kappa shape index (κ1) is 17.8. The Kier molecular flexibility index (Phi) is 6.45. The van der Waals surface area contributed by atoms with E-state index in [2.05, 4.69) is 5.32 Å². The lowest BCUT2D eigenvalue weighted by Crippen LogP contribution is -2.42. The van der Waals surface area contributed by atoms with Crippen LogP contribution >= 0.6 is 0 Å². The van der Waals surface area contributed by atoms with Gasteiger partial charge in [-0.05, 0) is 44.5 Å². The van der Waals surface area contributed by atoms with Gasteiger partial charge in [0.2, 0.25) is 0 Å². The van der Waals surface area contributed by atoms with Crippen molar-refractivity contribution in [2.45, 2.75) is 51.7 Å². The molecule has 1 aromatic carbocycles. The highest BCUT2D eigenvalue weighted by Crippen LogP contribution is 2.37. The molecule has 2 nitrogen and oxygen atoms in total. The van der Waals surface area contributed by atoms with E-state index in [1.54, 1.807) is 6.92 Å². The van der Waals surface area contributed by atoms with Crippen molar-refractivity contribution in [3.8, 4) is 5.75 Å². The monoisotopic (exact) mass is 307 g/mol. The predicted octanol–water partition coefficient (Wildman–Crippen LogP) is 4.41. The molecular weight excluding hydrogens is 286 g/mol. The summed E-state index contributed by atoms with van der Waals surface area (Å²) in [6, 6.07) is 4.09. The van der Waals surface area contributed by atoms with Gasteiger partial charge in [0.05, 0.1) is 6.10 Å². The van der Waals surface area contributed by atoms with Crippen LogP contribution < -0.4 is 10.1 Å². The molecule has 0 radical (unpaired) electrons. The van der Waals surface area contributed by atoms with E-state index < -0.39 is 18.4 Å². The fourth-order valence-electron chi connectivity index (χ4n) is 1.90. The van der Waals surface area contributed by atoms with E-state index in [0.717, 1.165) is 0 Å². The highest BCUT2D eigenvalue weighted by Gasteiger charge is 2.49. The summed E-state index contributed by atoms with van der Waals surface area (Å²) in [6.45, 7) is 5.69. The minimum absolute atomic E-state index is 0.0487. The second-order valence-electron chi connectivity index (χ2n) is 5.10. The summed E-state index contributed by atoms with van der Waals surface area (Å²) in [7, 11) is 0. The minimum atomic E-state index is -4.13. The Morgan fingerprint density at radius 1 is 1.14 bits per heavy atom. The first-order valence-electron chi connectivity index (χ1n) is 6.95. The molecular formula is C15H21F4NO. The van der Waals surface area contributed by atoms with Gasteiger partial charge in [-0.1, -0.05) is 19.1 Å². The number of benzene rings is 1. The largest absolute Gasteiger partial charge is 0.491 e. The fourth-order valence-corrected chi connectivity index (χ4v) is 1.90. The van der Waals surface area contributed by atoms with E-state index in [1.165, 1.54) is 24.3 Å². The van der Waals surface area contributed by atoms with Gasteiger partial charge in [-0.25, -0.2) is 8.78 Å². The molecule has 1 N–H and O–H groups in total. The van der Waals surface area contributed by atoms with Crippen molar-refractivity contribution in [2.24, 2.45) is 0 Å². The smallest absolute Gasteiger partial charge is 0.326 e. The summed E-state index contributed by atoms with van der Waals surface area (Å²) >= 11 is 0. The molecule has 1 unspecified atom stereocenters. The van der Waals surface area contributed by atoms with E-state index in [0.29, 0.717) is 12.2 Å². The number of ether oxygens (including phenoxy) is 1. The van der Waals surface area contributed by atoms with Gasteiger partial charge in [0, 0.05) is 0 Å². The van der Waals surface area contributed by atoms with Crippen molar-refractivity contribution >= 4 is 0 Å². The first-order chi connectivity index (χ1) is 9.78. The summed E-state index contributed by atoms with van der Waals surface area (Å²) in [6.07, 6.45) is -3.20. The Labute approximate surface area is 122 Å². The lowest BCUT2D eigenvalue weighted by atomic mass is 10.00. The number of rotatable bonds is 8. The molecule has 0 saturated carbocycles. The highest BCUT2D eigenvalue weighted by atomic mass is 19.3. The van der Waals surface area contributed by atoms with Crippen LogP contribution in [0.1, 0.15) is 38.8 Å². The van der Waals surface area contributed by atoms with Crippen molar-refractivity contribution in [1.29, 1.82) is 0 Å². The highest BCUT2D eigenvalue weighted by molar-refractivity contribution is 5.30. The average Bonchev–Trinajstić information content (AvgIpc) is 2.40. The third-order valence-electron chi connectivity index (χ3n) is 2.86. The van der Waals surface area contributed by atoms with Crippen molar-refractivity contribution in [3.05, 3.63) is 29.8 Å². The van der Waals surface area contributed by atoms with Crippen molar-refractivity contribution < 1.29 is 22.3 Å². The van der Waals surface area contributed by atoms with E-state index in [9.17, 15) is 17.6 Å². The number of hydrogen-bond acceptors (Lipinski definition) is 2. The maximum Gasteiger partial charge on any atom is 0.326 e. The molecule has 0 spiro atoms. The predicted molar refractivity (Wildman–Crippen MR) is 74.2 cm³/mol. The molecule has 21 heavy (non-hydrogen) atoms. The normalized spacial score (nSPS) is 13.8. The third kappa shape index (κ3) is 4.88. The molecule has 1 aromatic rings. The fraction of sp³-hybridized carbons (Fsp3) is 0.600. The molecule has 1 atom stereocenters. The molecule has 120 valence electrons. The number of hydrogen-bond donors (Lipinski definition) is 1. The Bertz CT molecular complexity index is 420. The van der Waals surface area contributed by atoms with Crippen LogP contribution in [0.25, 0.3) is 0 Å². The van der Waals surface area contributed by atoms with Gasteiger partial charge in [0.1, 0.15) is 11.8 Å². The molecule has 1 rings (SSSR count). The van der Waals surface area contributed by atoms with E-state index >= 15 is 0 Å². The van der Waals surface area contributed by atoms with Crippen LogP contribution in [0.2, 0.25) is 0 Å². The quantitative estimate of drug-likeness (QED) is 0.718. The third-order valence-corrected chi connectivity index (χ3v) is 2.86. The van der Waals surface area contributed by atoms with Gasteiger partial charge in [0.25, 0.3) is 0 Å². The molecule has 0 aliphatic rings. The van der Waals surface area contributed by atoms with Gasteiger partial charge < -0.3 is 10.1 Å². The maximum atomic E-state index is 13.7. The zero-order valence-electron chi connectivity index (χ0n) is 12.4. The zero-order valence-corrected chi connectivity index (χ0v) is 12.4. The second kappa shape index (κ2) is 7.64.